The van der Waals surface area contributed by atoms with Crippen LogP contribution in [0.2, 0.25) is 0 Å². The minimum Gasteiger partial charge on any atom is -0.456 e. The number of benzene rings is 1. The number of carbonyl (C=O) groups is 1. The van der Waals surface area contributed by atoms with Gasteiger partial charge in [-0.25, -0.2) is 18.0 Å². The van der Waals surface area contributed by atoms with Gasteiger partial charge in [0.1, 0.15) is 5.82 Å². The molecule has 0 spiro atoms. The monoisotopic (exact) mass is 260 g/mol. The Balaban J connectivity index is 2.23. The molecule has 4 nitrogen and oxygen atoms in total. The standard InChI is InChI=1S/C10H8BF3O4/c12-8-1-5-3-18-11(16)7(5)2-6(8)10(15)17-4-9(13)14/h1-2,9,16H,3-4H2. The van der Waals surface area contributed by atoms with Crippen LogP contribution in [0.25, 0.3) is 0 Å². The van der Waals surface area contributed by atoms with Gasteiger partial charge in [-0.15, -0.1) is 0 Å². The van der Waals surface area contributed by atoms with Crippen molar-refractivity contribution in [2.24, 2.45) is 0 Å². The van der Waals surface area contributed by atoms with E-state index in [1.165, 1.54) is 0 Å². The Hall–Kier alpha value is -1.54. The summed E-state index contributed by atoms with van der Waals surface area (Å²) in [5.41, 5.74) is 0.143. The zero-order valence-electron chi connectivity index (χ0n) is 9.03. The van der Waals surface area contributed by atoms with Crippen molar-refractivity contribution < 1.29 is 32.4 Å². The fourth-order valence-electron chi connectivity index (χ4n) is 1.62. The van der Waals surface area contributed by atoms with Crippen LogP contribution in [0.15, 0.2) is 12.1 Å². The van der Waals surface area contributed by atoms with Crippen LogP contribution in [0.1, 0.15) is 15.9 Å². The van der Waals surface area contributed by atoms with Crippen molar-refractivity contribution in [2.75, 3.05) is 6.61 Å². The summed E-state index contributed by atoms with van der Waals surface area (Å²) in [5.74, 6) is -2.10. The summed E-state index contributed by atoms with van der Waals surface area (Å²) in [5, 5.41) is 9.38. The maximum Gasteiger partial charge on any atom is 0.491 e. The first-order chi connectivity index (χ1) is 8.49. The fourth-order valence-corrected chi connectivity index (χ4v) is 1.62. The van der Waals surface area contributed by atoms with E-state index in [9.17, 15) is 23.0 Å². The highest BCUT2D eigenvalue weighted by Crippen LogP contribution is 2.16. The van der Waals surface area contributed by atoms with E-state index in [1.807, 2.05) is 0 Å². The van der Waals surface area contributed by atoms with E-state index in [-0.39, 0.29) is 12.1 Å². The number of ether oxygens (including phenoxy) is 1. The average molecular weight is 260 g/mol. The number of carbonyl (C=O) groups excluding carboxylic acids is 1. The molecule has 0 saturated heterocycles. The van der Waals surface area contributed by atoms with Crippen LogP contribution in [-0.2, 0) is 16.0 Å². The summed E-state index contributed by atoms with van der Waals surface area (Å²) in [7, 11) is -1.25. The molecule has 1 heterocycles. The van der Waals surface area contributed by atoms with Crippen LogP contribution in [0.5, 0.6) is 0 Å². The van der Waals surface area contributed by atoms with Crippen molar-refractivity contribution in [2.45, 2.75) is 13.0 Å². The lowest BCUT2D eigenvalue weighted by Gasteiger charge is -2.07. The van der Waals surface area contributed by atoms with Gasteiger partial charge in [0.15, 0.2) is 6.61 Å². The van der Waals surface area contributed by atoms with E-state index < -0.39 is 37.5 Å². The number of hydrogen-bond acceptors (Lipinski definition) is 4. The van der Waals surface area contributed by atoms with Crippen molar-refractivity contribution in [3.8, 4) is 0 Å². The van der Waals surface area contributed by atoms with Crippen LogP contribution in [-0.4, -0.2) is 31.1 Å². The lowest BCUT2D eigenvalue weighted by Crippen LogP contribution is -2.29. The van der Waals surface area contributed by atoms with Crippen LogP contribution in [0, 0.1) is 5.82 Å². The molecule has 8 heteroatoms. The van der Waals surface area contributed by atoms with Gasteiger partial charge in [0, 0.05) is 0 Å². The zero-order valence-corrected chi connectivity index (χ0v) is 9.03. The molecule has 0 amide bonds. The molecule has 96 valence electrons. The van der Waals surface area contributed by atoms with E-state index in [0.717, 1.165) is 12.1 Å². The second kappa shape index (κ2) is 4.99. The summed E-state index contributed by atoms with van der Waals surface area (Å²) in [6, 6.07) is 2.07. The minimum atomic E-state index is -2.82. The van der Waals surface area contributed by atoms with Crippen LogP contribution in [0.4, 0.5) is 13.2 Å². The smallest absolute Gasteiger partial charge is 0.456 e. The van der Waals surface area contributed by atoms with Gasteiger partial charge < -0.3 is 14.4 Å². The molecule has 1 aromatic rings. The number of alkyl halides is 2. The maximum absolute atomic E-state index is 13.5. The second-order valence-corrected chi connectivity index (χ2v) is 3.68. The fraction of sp³-hybridized carbons (Fsp3) is 0.300. The molecule has 1 aromatic carbocycles. The molecule has 1 N–H and O–H groups in total. The first-order valence-corrected chi connectivity index (χ1v) is 5.06. The third-order valence-electron chi connectivity index (χ3n) is 2.45. The molecular formula is C10H8BF3O4. The van der Waals surface area contributed by atoms with Crippen molar-refractivity contribution >= 4 is 18.6 Å². The molecule has 1 aliphatic heterocycles. The predicted molar refractivity (Wildman–Crippen MR) is 55.1 cm³/mol. The van der Waals surface area contributed by atoms with Gasteiger partial charge in [-0.1, -0.05) is 0 Å². The number of hydrogen-bond donors (Lipinski definition) is 1. The first-order valence-electron chi connectivity index (χ1n) is 5.06. The molecule has 18 heavy (non-hydrogen) atoms. The Labute approximate surface area is 100 Å². The van der Waals surface area contributed by atoms with E-state index >= 15 is 0 Å². The molecule has 0 saturated carbocycles. The van der Waals surface area contributed by atoms with Gasteiger partial charge in [-0.3, -0.25) is 0 Å². The van der Waals surface area contributed by atoms with Crippen molar-refractivity contribution in [3.63, 3.8) is 0 Å². The molecule has 0 aliphatic carbocycles. The third kappa shape index (κ3) is 2.49. The number of rotatable bonds is 3. The molecule has 0 radical (unpaired) electrons. The van der Waals surface area contributed by atoms with E-state index in [4.69, 9.17) is 4.65 Å². The number of esters is 1. The minimum absolute atomic E-state index is 0.0276. The topological polar surface area (TPSA) is 55.8 Å². The van der Waals surface area contributed by atoms with E-state index in [1.54, 1.807) is 0 Å². The van der Waals surface area contributed by atoms with Gasteiger partial charge in [0.05, 0.1) is 12.2 Å². The van der Waals surface area contributed by atoms with Gasteiger partial charge in [0.25, 0.3) is 6.43 Å². The highest BCUT2D eigenvalue weighted by atomic mass is 19.3. The molecule has 0 fully saturated rings. The molecule has 1 aliphatic rings. The highest BCUT2D eigenvalue weighted by molar-refractivity contribution is 6.61. The Morgan fingerprint density at radius 2 is 2.28 bits per heavy atom. The molecule has 0 unspecified atom stereocenters. The lowest BCUT2D eigenvalue weighted by molar-refractivity contribution is 0.0156. The largest absolute Gasteiger partial charge is 0.491 e. The maximum atomic E-state index is 13.5. The Kier molecular flexibility index (Phi) is 3.58. The summed E-state index contributed by atoms with van der Waals surface area (Å²) in [6.45, 7) is -1.08. The van der Waals surface area contributed by atoms with Crippen molar-refractivity contribution in [3.05, 3.63) is 29.1 Å². The van der Waals surface area contributed by atoms with Gasteiger partial charge in [-0.05, 0) is 23.2 Å². The first kappa shape index (κ1) is 12.9. The molecule has 0 bridgehead atoms. The summed E-state index contributed by atoms with van der Waals surface area (Å²) in [6.07, 6.45) is -2.82. The molecule has 0 aromatic heterocycles. The van der Waals surface area contributed by atoms with Crippen LogP contribution >= 0.6 is 0 Å². The van der Waals surface area contributed by atoms with Crippen molar-refractivity contribution in [1.82, 2.24) is 0 Å². The van der Waals surface area contributed by atoms with E-state index in [2.05, 4.69) is 4.74 Å². The summed E-state index contributed by atoms with van der Waals surface area (Å²) < 4.78 is 46.3. The average Bonchev–Trinajstić information content (AvgIpc) is 2.66. The summed E-state index contributed by atoms with van der Waals surface area (Å²) in [4.78, 5) is 11.4. The Bertz CT molecular complexity index is 480. The SMILES string of the molecule is O=C(OCC(F)F)c1cc2c(cc1F)COB2O. The third-order valence-corrected chi connectivity index (χ3v) is 2.45. The van der Waals surface area contributed by atoms with Crippen LogP contribution < -0.4 is 5.46 Å². The second-order valence-electron chi connectivity index (χ2n) is 3.68. The number of fused-ring (bicyclic) bond motifs is 1. The normalized spacial score (nSPS) is 13.9. The quantitative estimate of drug-likeness (QED) is 0.633. The molecule has 2 rings (SSSR count). The lowest BCUT2D eigenvalue weighted by atomic mass is 9.78. The highest BCUT2D eigenvalue weighted by Gasteiger charge is 2.30. The van der Waals surface area contributed by atoms with Gasteiger partial charge >= 0.3 is 13.1 Å². The van der Waals surface area contributed by atoms with Crippen LogP contribution in [0.3, 0.4) is 0 Å². The Morgan fingerprint density at radius 1 is 1.56 bits per heavy atom. The zero-order chi connectivity index (χ0) is 13.3. The van der Waals surface area contributed by atoms with Gasteiger partial charge in [0.2, 0.25) is 0 Å². The molecular weight excluding hydrogens is 252 g/mol. The molecule has 0 atom stereocenters. The van der Waals surface area contributed by atoms with E-state index in [0.29, 0.717) is 5.56 Å². The summed E-state index contributed by atoms with van der Waals surface area (Å²) >= 11 is 0. The van der Waals surface area contributed by atoms with Gasteiger partial charge in [-0.2, -0.15) is 0 Å². The Morgan fingerprint density at radius 3 is 2.94 bits per heavy atom. The number of halogens is 3. The predicted octanol–water partition coefficient (Wildman–Crippen LogP) is 0.465. The van der Waals surface area contributed by atoms with Crippen molar-refractivity contribution in [1.29, 1.82) is 0 Å².